The standard InChI is InChI=1S/C10H25N3/c1-5-12(6-2)9-11-10-13(7-3)8-4/h11H,5-10H2,1-4H3. The zero-order valence-corrected chi connectivity index (χ0v) is 9.64. The Balaban J connectivity index is 3.41. The summed E-state index contributed by atoms with van der Waals surface area (Å²) in [6.45, 7) is 15.3. The Hall–Kier alpha value is -0.120. The van der Waals surface area contributed by atoms with Gasteiger partial charge in [-0.3, -0.25) is 15.1 Å². The van der Waals surface area contributed by atoms with Gasteiger partial charge in [0, 0.05) is 13.3 Å². The normalized spacial score (nSPS) is 11.5. The lowest BCUT2D eigenvalue weighted by molar-refractivity contribution is 0.222. The van der Waals surface area contributed by atoms with Crippen LogP contribution in [-0.2, 0) is 0 Å². The molecule has 0 aromatic rings. The lowest BCUT2D eigenvalue weighted by Crippen LogP contribution is -2.40. The van der Waals surface area contributed by atoms with Crippen molar-refractivity contribution in [3.05, 3.63) is 0 Å². The van der Waals surface area contributed by atoms with E-state index < -0.39 is 0 Å². The van der Waals surface area contributed by atoms with Crippen LogP contribution in [0.15, 0.2) is 0 Å². The first kappa shape index (κ1) is 12.9. The van der Waals surface area contributed by atoms with Crippen LogP contribution in [0.25, 0.3) is 0 Å². The van der Waals surface area contributed by atoms with E-state index in [0.717, 1.165) is 39.5 Å². The number of rotatable bonds is 8. The fourth-order valence-corrected chi connectivity index (χ4v) is 1.26. The van der Waals surface area contributed by atoms with Crippen LogP contribution in [0.5, 0.6) is 0 Å². The Morgan fingerprint density at radius 2 is 1.00 bits per heavy atom. The molecule has 0 heterocycles. The van der Waals surface area contributed by atoms with Gasteiger partial charge in [-0.1, -0.05) is 27.7 Å². The van der Waals surface area contributed by atoms with Gasteiger partial charge >= 0.3 is 0 Å². The molecule has 0 aliphatic carbocycles. The molecule has 3 nitrogen and oxygen atoms in total. The van der Waals surface area contributed by atoms with Crippen molar-refractivity contribution in [1.29, 1.82) is 0 Å². The second-order valence-corrected chi connectivity index (χ2v) is 3.17. The molecule has 0 fully saturated rings. The molecule has 0 saturated carbocycles. The maximum absolute atomic E-state index is 3.44. The molecule has 0 amide bonds. The molecular formula is C10H25N3. The average Bonchev–Trinajstić information content (AvgIpc) is 2.19. The minimum Gasteiger partial charge on any atom is -0.292 e. The lowest BCUT2D eigenvalue weighted by Gasteiger charge is -2.23. The van der Waals surface area contributed by atoms with Crippen LogP contribution in [0.2, 0.25) is 0 Å². The van der Waals surface area contributed by atoms with Gasteiger partial charge < -0.3 is 0 Å². The van der Waals surface area contributed by atoms with E-state index in [2.05, 4.69) is 42.8 Å². The van der Waals surface area contributed by atoms with Crippen LogP contribution in [0.4, 0.5) is 0 Å². The van der Waals surface area contributed by atoms with Crippen molar-refractivity contribution in [2.24, 2.45) is 0 Å². The maximum atomic E-state index is 3.44. The zero-order chi connectivity index (χ0) is 10.1. The third-order valence-corrected chi connectivity index (χ3v) is 2.46. The van der Waals surface area contributed by atoms with E-state index in [1.807, 2.05) is 0 Å². The van der Waals surface area contributed by atoms with Crippen molar-refractivity contribution >= 4 is 0 Å². The Labute approximate surface area is 83.1 Å². The van der Waals surface area contributed by atoms with Gasteiger partial charge in [0.2, 0.25) is 0 Å². The van der Waals surface area contributed by atoms with Crippen LogP contribution in [-0.4, -0.2) is 49.3 Å². The summed E-state index contributed by atoms with van der Waals surface area (Å²) >= 11 is 0. The molecular weight excluding hydrogens is 162 g/mol. The van der Waals surface area contributed by atoms with Crippen molar-refractivity contribution in [2.75, 3.05) is 39.5 Å². The summed E-state index contributed by atoms with van der Waals surface area (Å²) in [5, 5.41) is 3.44. The predicted molar refractivity (Wildman–Crippen MR) is 58.7 cm³/mol. The van der Waals surface area contributed by atoms with E-state index >= 15 is 0 Å². The van der Waals surface area contributed by atoms with Gasteiger partial charge in [0.25, 0.3) is 0 Å². The van der Waals surface area contributed by atoms with Crippen LogP contribution < -0.4 is 5.32 Å². The Morgan fingerprint density at radius 3 is 1.23 bits per heavy atom. The van der Waals surface area contributed by atoms with Crippen molar-refractivity contribution in [3.63, 3.8) is 0 Å². The van der Waals surface area contributed by atoms with Gasteiger partial charge in [0.1, 0.15) is 0 Å². The van der Waals surface area contributed by atoms with Crippen molar-refractivity contribution in [2.45, 2.75) is 27.7 Å². The Kier molecular flexibility index (Phi) is 8.40. The van der Waals surface area contributed by atoms with Gasteiger partial charge in [-0.15, -0.1) is 0 Å². The smallest absolute Gasteiger partial charge is 0.0490 e. The van der Waals surface area contributed by atoms with Gasteiger partial charge in [0.05, 0.1) is 0 Å². The van der Waals surface area contributed by atoms with E-state index in [0.29, 0.717) is 0 Å². The Morgan fingerprint density at radius 1 is 0.692 bits per heavy atom. The highest BCUT2D eigenvalue weighted by molar-refractivity contribution is 4.53. The van der Waals surface area contributed by atoms with Crippen LogP contribution >= 0.6 is 0 Å². The average molecular weight is 187 g/mol. The number of nitrogens with zero attached hydrogens (tertiary/aromatic N) is 2. The molecule has 1 N–H and O–H groups in total. The van der Waals surface area contributed by atoms with E-state index in [1.54, 1.807) is 0 Å². The van der Waals surface area contributed by atoms with E-state index in [4.69, 9.17) is 0 Å². The van der Waals surface area contributed by atoms with Crippen LogP contribution in [0.3, 0.4) is 0 Å². The minimum atomic E-state index is 1.00. The fraction of sp³-hybridized carbons (Fsp3) is 1.00. The minimum absolute atomic E-state index is 1.00. The molecule has 0 aromatic carbocycles. The molecule has 80 valence electrons. The topological polar surface area (TPSA) is 18.5 Å². The first-order valence-corrected chi connectivity index (χ1v) is 5.43. The highest BCUT2D eigenvalue weighted by Crippen LogP contribution is 1.85. The summed E-state index contributed by atoms with van der Waals surface area (Å²) in [4.78, 5) is 4.76. The summed E-state index contributed by atoms with van der Waals surface area (Å²) in [6.07, 6.45) is 0. The molecule has 0 radical (unpaired) electrons. The lowest BCUT2D eigenvalue weighted by atomic mass is 10.5. The molecule has 0 atom stereocenters. The van der Waals surface area contributed by atoms with Gasteiger partial charge in [-0.2, -0.15) is 0 Å². The summed E-state index contributed by atoms with van der Waals surface area (Å²) in [5.74, 6) is 0. The molecule has 0 aliphatic rings. The van der Waals surface area contributed by atoms with Crippen LogP contribution in [0, 0.1) is 0 Å². The molecule has 0 rings (SSSR count). The highest BCUT2D eigenvalue weighted by Gasteiger charge is 1.99. The Bertz CT molecular complexity index is 86.3. The molecule has 0 aromatic heterocycles. The quantitative estimate of drug-likeness (QED) is 0.576. The fourth-order valence-electron chi connectivity index (χ4n) is 1.26. The number of nitrogens with one attached hydrogen (secondary N) is 1. The largest absolute Gasteiger partial charge is 0.292 e. The summed E-state index contributed by atoms with van der Waals surface area (Å²) in [7, 11) is 0. The first-order chi connectivity index (χ1) is 6.28. The van der Waals surface area contributed by atoms with Crippen molar-refractivity contribution in [1.82, 2.24) is 15.1 Å². The molecule has 0 spiro atoms. The third kappa shape index (κ3) is 6.02. The second kappa shape index (κ2) is 8.48. The maximum Gasteiger partial charge on any atom is 0.0490 e. The number of hydrogen-bond acceptors (Lipinski definition) is 3. The summed E-state index contributed by atoms with van der Waals surface area (Å²) in [5.41, 5.74) is 0. The predicted octanol–water partition coefficient (Wildman–Crippen LogP) is 1.17. The van der Waals surface area contributed by atoms with Crippen LogP contribution in [0.1, 0.15) is 27.7 Å². The first-order valence-electron chi connectivity index (χ1n) is 5.43. The summed E-state index contributed by atoms with van der Waals surface area (Å²) in [6, 6.07) is 0. The van der Waals surface area contributed by atoms with Crippen molar-refractivity contribution < 1.29 is 0 Å². The third-order valence-electron chi connectivity index (χ3n) is 2.46. The highest BCUT2D eigenvalue weighted by atomic mass is 15.3. The molecule has 0 saturated heterocycles. The summed E-state index contributed by atoms with van der Waals surface area (Å²) < 4.78 is 0. The van der Waals surface area contributed by atoms with E-state index in [9.17, 15) is 0 Å². The molecule has 3 heteroatoms. The van der Waals surface area contributed by atoms with Gasteiger partial charge in [-0.05, 0) is 26.2 Å². The second-order valence-electron chi connectivity index (χ2n) is 3.17. The van der Waals surface area contributed by atoms with Crippen molar-refractivity contribution in [3.8, 4) is 0 Å². The molecule has 0 unspecified atom stereocenters. The number of hydrogen-bond donors (Lipinski definition) is 1. The van der Waals surface area contributed by atoms with Gasteiger partial charge in [-0.25, -0.2) is 0 Å². The van der Waals surface area contributed by atoms with E-state index in [1.165, 1.54) is 0 Å². The molecule has 13 heavy (non-hydrogen) atoms. The monoisotopic (exact) mass is 187 g/mol. The van der Waals surface area contributed by atoms with Gasteiger partial charge in [0.15, 0.2) is 0 Å². The molecule has 0 aliphatic heterocycles. The molecule has 0 bridgehead atoms. The van der Waals surface area contributed by atoms with E-state index in [-0.39, 0.29) is 0 Å². The SMILES string of the molecule is CCN(CC)CNCN(CC)CC. The zero-order valence-electron chi connectivity index (χ0n) is 9.64.